The molecule has 8 heteroatoms. The third-order valence-corrected chi connectivity index (χ3v) is 4.73. The molecule has 3 N–H and O–H groups in total. The van der Waals surface area contributed by atoms with Gasteiger partial charge in [0.25, 0.3) is 11.1 Å². The first kappa shape index (κ1) is 17.2. The van der Waals surface area contributed by atoms with Gasteiger partial charge in [-0.3, -0.25) is 29.7 Å². The van der Waals surface area contributed by atoms with E-state index in [0.29, 0.717) is 24.9 Å². The van der Waals surface area contributed by atoms with Crippen LogP contribution < -0.4 is 11.1 Å². The maximum Gasteiger partial charge on any atom is 0.266 e. The second-order valence-electron chi connectivity index (χ2n) is 6.85. The largest absolute Gasteiger partial charge is 0.342 e. The number of hydrogen-bond donors (Lipinski definition) is 3. The number of nitrogens with zero attached hydrogens (tertiary/aromatic N) is 2. The molecule has 0 bridgehead atoms. The summed E-state index contributed by atoms with van der Waals surface area (Å²) in [4.78, 5) is 37.1. The molecule has 3 heterocycles. The minimum atomic E-state index is -0.429. The van der Waals surface area contributed by atoms with Crippen molar-refractivity contribution in [3.63, 3.8) is 0 Å². The van der Waals surface area contributed by atoms with Gasteiger partial charge >= 0.3 is 0 Å². The van der Waals surface area contributed by atoms with Crippen LogP contribution in [0.5, 0.6) is 0 Å². The Morgan fingerprint density at radius 2 is 1.96 bits per heavy atom. The lowest BCUT2D eigenvalue weighted by molar-refractivity contribution is -0.131. The summed E-state index contributed by atoms with van der Waals surface area (Å²) >= 11 is 0. The van der Waals surface area contributed by atoms with Gasteiger partial charge in [0.05, 0.1) is 12.1 Å². The summed E-state index contributed by atoms with van der Waals surface area (Å²) in [5.74, 6) is 0.632. The molecule has 1 aliphatic rings. The fraction of sp³-hybridized carbons (Fsp3) is 0.529. The molecule has 8 nitrogen and oxygen atoms in total. The van der Waals surface area contributed by atoms with Crippen LogP contribution in [-0.2, 0) is 11.2 Å². The summed E-state index contributed by atoms with van der Waals surface area (Å²) in [6.45, 7) is 5.50. The number of nitrogens with one attached hydrogen (secondary N) is 3. The highest BCUT2D eigenvalue weighted by Gasteiger charge is 2.25. The number of aromatic nitrogens is 4. The summed E-state index contributed by atoms with van der Waals surface area (Å²) in [7, 11) is 0. The molecule has 3 rings (SSSR count). The molecule has 0 spiro atoms. The van der Waals surface area contributed by atoms with Crippen molar-refractivity contribution >= 4 is 5.91 Å². The van der Waals surface area contributed by atoms with Crippen molar-refractivity contribution in [2.75, 3.05) is 13.1 Å². The second-order valence-corrected chi connectivity index (χ2v) is 6.85. The molecular formula is C17H23N5O3. The van der Waals surface area contributed by atoms with Crippen molar-refractivity contribution in [2.24, 2.45) is 0 Å². The zero-order valence-electron chi connectivity index (χ0n) is 14.5. The first-order chi connectivity index (χ1) is 11.9. The highest BCUT2D eigenvalue weighted by Crippen LogP contribution is 2.28. The van der Waals surface area contributed by atoms with Gasteiger partial charge in [0.2, 0.25) is 5.91 Å². The SMILES string of the molecule is CC(C)c1cc(C2CCN(C(=O)Cc3cc(=O)[nH][nH]c3=O)CC2)[nH]n1. The van der Waals surface area contributed by atoms with Crippen LogP contribution >= 0.6 is 0 Å². The second kappa shape index (κ2) is 7.08. The molecule has 1 fully saturated rings. The average Bonchev–Trinajstić information content (AvgIpc) is 3.08. The lowest BCUT2D eigenvalue weighted by Crippen LogP contribution is -2.40. The number of aromatic amines is 3. The van der Waals surface area contributed by atoms with Gasteiger partial charge in [-0.05, 0) is 24.8 Å². The Hall–Kier alpha value is -2.64. The maximum absolute atomic E-state index is 12.4. The molecule has 0 radical (unpaired) electrons. The highest BCUT2D eigenvalue weighted by atomic mass is 16.2. The minimum Gasteiger partial charge on any atom is -0.342 e. The van der Waals surface area contributed by atoms with Crippen LogP contribution in [0, 0.1) is 0 Å². The zero-order chi connectivity index (χ0) is 18.0. The van der Waals surface area contributed by atoms with Crippen LogP contribution in [0.1, 0.15) is 55.5 Å². The van der Waals surface area contributed by atoms with Gasteiger partial charge in [-0.1, -0.05) is 13.8 Å². The van der Waals surface area contributed by atoms with Crippen molar-refractivity contribution in [1.82, 2.24) is 25.3 Å². The van der Waals surface area contributed by atoms with Gasteiger partial charge < -0.3 is 4.90 Å². The molecule has 1 aliphatic heterocycles. The highest BCUT2D eigenvalue weighted by molar-refractivity contribution is 5.78. The molecule has 1 saturated heterocycles. The fourth-order valence-electron chi connectivity index (χ4n) is 3.16. The normalized spacial score (nSPS) is 15.7. The van der Waals surface area contributed by atoms with Crippen LogP contribution in [0.15, 0.2) is 21.7 Å². The Kier molecular flexibility index (Phi) is 4.87. The fourth-order valence-corrected chi connectivity index (χ4v) is 3.16. The Bertz CT molecular complexity index is 855. The molecule has 0 atom stereocenters. The van der Waals surface area contributed by atoms with Crippen molar-refractivity contribution < 1.29 is 4.79 Å². The molecule has 134 valence electrons. The van der Waals surface area contributed by atoms with Crippen molar-refractivity contribution in [3.8, 4) is 0 Å². The monoisotopic (exact) mass is 345 g/mol. The Labute approximate surface area is 144 Å². The van der Waals surface area contributed by atoms with Crippen LogP contribution in [0.4, 0.5) is 0 Å². The number of H-pyrrole nitrogens is 3. The molecule has 25 heavy (non-hydrogen) atoms. The summed E-state index contributed by atoms with van der Waals surface area (Å²) in [6.07, 6.45) is 1.67. The van der Waals surface area contributed by atoms with E-state index in [0.717, 1.165) is 24.2 Å². The van der Waals surface area contributed by atoms with E-state index in [2.05, 4.69) is 40.3 Å². The number of hydrogen-bond acceptors (Lipinski definition) is 4. The average molecular weight is 345 g/mol. The molecule has 2 aromatic rings. The van der Waals surface area contributed by atoms with Crippen molar-refractivity contribution in [3.05, 3.63) is 49.8 Å². The maximum atomic E-state index is 12.4. The van der Waals surface area contributed by atoms with Crippen LogP contribution in [0.2, 0.25) is 0 Å². The van der Waals surface area contributed by atoms with Crippen LogP contribution in [0.3, 0.4) is 0 Å². The van der Waals surface area contributed by atoms with Gasteiger partial charge in [-0.25, -0.2) is 0 Å². The van der Waals surface area contributed by atoms with E-state index >= 15 is 0 Å². The predicted molar refractivity (Wildman–Crippen MR) is 92.6 cm³/mol. The molecule has 1 amide bonds. The van der Waals surface area contributed by atoms with Gasteiger partial charge in [0.15, 0.2) is 0 Å². The number of carbonyl (C=O) groups excluding carboxylic acids is 1. The van der Waals surface area contributed by atoms with E-state index in [9.17, 15) is 14.4 Å². The summed E-state index contributed by atoms with van der Waals surface area (Å²) in [5.41, 5.74) is 1.54. The zero-order valence-corrected chi connectivity index (χ0v) is 14.5. The van der Waals surface area contributed by atoms with E-state index in [4.69, 9.17) is 0 Å². The van der Waals surface area contributed by atoms with Gasteiger partial charge in [-0.2, -0.15) is 5.10 Å². The smallest absolute Gasteiger partial charge is 0.266 e. The minimum absolute atomic E-state index is 0.0501. The number of carbonyl (C=O) groups is 1. The Morgan fingerprint density at radius 1 is 1.24 bits per heavy atom. The third-order valence-electron chi connectivity index (χ3n) is 4.73. The molecule has 0 aliphatic carbocycles. The molecule has 0 unspecified atom stereocenters. The third kappa shape index (κ3) is 3.89. The number of amides is 1. The quantitative estimate of drug-likeness (QED) is 0.762. The lowest BCUT2D eigenvalue weighted by atomic mass is 9.92. The summed E-state index contributed by atoms with van der Waals surface area (Å²) in [5, 5.41) is 11.9. The van der Waals surface area contributed by atoms with E-state index in [1.54, 1.807) is 4.90 Å². The van der Waals surface area contributed by atoms with Crippen molar-refractivity contribution in [2.45, 2.75) is 44.9 Å². The van der Waals surface area contributed by atoms with Gasteiger partial charge in [-0.15, -0.1) is 0 Å². The van der Waals surface area contributed by atoms with Crippen LogP contribution in [-0.4, -0.2) is 44.3 Å². The van der Waals surface area contributed by atoms with E-state index in [-0.39, 0.29) is 17.9 Å². The van der Waals surface area contributed by atoms with E-state index in [1.165, 1.54) is 6.07 Å². The van der Waals surface area contributed by atoms with Crippen LogP contribution in [0.25, 0.3) is 0 Å². The van der Waals surface area contributed by atoms with E-state index < -0.39 is 11.1 Å². The summed E-state index contributed by atoms with van der Waals surface area (Å²) < 4.78 is 0. The first-order valence-corrected chi connectivity index (χ1v) is 8.58. The van der Waals surface area contributed by atoms with Gasteiger partial charge in [0.1, 0.15) is 0 Å². The lowest BCUT2D eigenvalue weighted by Gasteiger charge is -2.31. The molecule has 2 aromatic heterocycles. The Morgan fingerprint density at radius 3 is 2.60 bits per heavy atom. The molecule has 0 aromatic carbocycles. The number of rotatable bonds is 4. The summed E-state index contributed by atoms with van der Waals surface area (Å²) in [6, 6.07) is 3.30. The van der Waals surface area contributed by atoms with Crippen molar-refractivity contribution in [1.29, 1.82) is 0 Å². The molecular weight excluding hydrogens is 322 g/mol. The van der Waals surface area contributed by atoms with Gasteiger partial charge in [0, 0.05) is 36.3 Å². The van der Waals surface area contributed by atoms with E-state index in [1.807, 2.05) is 0 Å². The number of likely N-dealkylation sites (tertiary alicyclic amines) is 1. The topological polar surface area (TPSA) is 115 Å². The first-order valence-electron chi connectivity index (χ1n) is 8.58. The Balaban J connectivity index is 1.59. The standard InChI is InChI=1S/C17H23N5O3/c1-10(2)13-9-14(19-18-13)11-3-5-22(6-4-11)16(24)8-12-7-15(23)20-21-17(12)25/h7,9-11H,3-6,8H2,1-2H3,(H,18,19)(H,20,23)(H,21,25). The predicted octanol–water partition coefficient (Wildman–Crippen LogP) is 0.858. The molecule has 0 saturated carbocycles. The number of piperidine rings is 1.